The summed E-state index contributed by atoms with van der Waals surface area (Å²) in [4.78, 5) is 2.31. The van der Waals surface area contributed by atoms with Crippen molar-refractivity contribution >= 4 is 15.9 Å². The first-order valence-electron chi connectivity index (χ1n) is 7.42. The van der Waals surface area contributed by atoms with E-state index in [-0.39, 0.29) is 11.4 Å². The summed E-state index contributed by atoms with van der Waals surface area (Å²) in [5, 5.41) is 10.7. The van der Waals surface area contributed by atoms with E-state index in [0.717, 1.165) is 25.1 Å². The van der Waals surface area contributed by atoms with Crippen molar-refractivity contribution in [3.63, 3.8) is 0 Å². The summed E-state index contributed by atoms with van der Waals surface area (Å²) in [7, 11) is 0. The monoisotopic (exact) mass is 359 g/mol. The van der Waals surface area contributed by atoms with Gasteiger partial charge in [-0.2, -0.15) is 0 Å². The van der Waals surface area contributed by atoms with E-state index in [2.05, 4.69) is 34.7 Å². The molecule has 1 aromatic rings. The summed E-state index contributed by atoms with van der Waals surface area (Å²) < 4.78 is 19.1. The number of aliphatic hydroxyl groups is 1. The molecule has 0 aliphatic carbocycles. The summed E-state index contributed by atoms with van der Waals surface area (Å²) in [6.45, 7) is 7.30. The third-order valence-electron chi connectivity index (χ3n) is 4.58. The Labute approximate surface area is 134 Å². The third-order valence-corrected chi connectivity index (χ3v) is 5.19. The third kappa shape index (κ3) is 3.83. The van der Waals surface area contributed by atoms with Crippen molar-refractivity contribution < 1.29 is 14.2 Å². The van der Waals surface area contributed by atoms with Gasteiger partial charge in [0.2, 0.25) is 0 Å². The molecule has 2 atom stereocenters. The van der Waals surface area contributed by atoms with Crippen molar-refractivity contribution in [2.75, 3.05) is 26.3 Å². The van der Waals surface area contributed by atoms with E-state index < -0.39 is 6.10 Å². The molecule has 0 aromatic heterocycles. The van der Waals surface area contributed by atoms with Crippen LogP contribution in [0.25, 0.3) is 0 Å². The number of aliphatic hydroxyl groups excluding tert-OH is 1. The van der Waals surface area contributed by atoms with E-state index in [0.29, 0.717) is 24.1 Å². The fourth-order valence-corrected chi connectivity index (χ4v) is 3.28. The average Bonchev–Trinajstić information content (AvgIpc) is 2.51. The minimum Gasteiger partial charge on any atom is -0.391 e. The number of benzene rings is 1. The van der Waals surface area contributed by atoms with E-state index >= 15 is 0 Å². The SMILES string of the molecule is CCC(C)(C(O)Cc1ccc(F)c(Br)c1)N1CCOCC1. The molecule has 0 bridgehead atoms. The second-order valence-electron chi connectivity index (χ2n) is 5.78. The van der Waals surface area contributed by atoms with Gasteiger partial charge in [-0.15, -0.1) is 0 Å². The Kier molecular flexibility index (Phi) is 5.77. The fourth-order valence-electron chi connectivity index (χ4n) is 2.85. The Morgan fingerprint density at radius 1 is 1.43 bits per heavy atom. The van der Waals surface area contributed by atoms with E-state index in [9.17, 15) is 9.50 Å². The van der Waals surface area contributed by atoms with Crippen LogP contribution in [-0.2, 0) is 11.2 Å². The zero-order valence-electron chi connectivity index (χ0n) is 12.6. The zero-order chi connectivity index (χ0) is 15.5. The highest BCUT2D eigenvalue weighted by Gasteiger charge is 2.38. The minimum atomic E-state index is -0.502. The quantitative estimate of drug-likeness (QED) is 0.876. The normalized spacial score (nSPS) is 21.0. The summed E-state index contributed by atoms with van der Waals surface area (Å²) in [6.07, 6.45) is 0.870. The van der Waals surface area contributed by atoms with Gasteiger partial charge in [-0.25, -0.2) is 4.39 Å². The first-order valence-corrected chi connectivity index (χ1v) is 8.21. The van der Waals surface area contributed by atoms with Crippen molar-refractivity contribution in [3.8, 4) is 0 Å². The Balaban J connectivity index is 2.11. The molecule has 1 saturated heterocycles. The van der Waals surface area contributed by atoms with Crippen LogP contribution in [0.1, 0.15) is 25.8 Å². The van der Waals surface area contributed by atoms with Crippen molar-refractivity contribution in [2.45, 2.75) is 38.3 Å². The topological polar surface area (TPSA) is 32.7 Å². The van der Waals surface area contributed by atoms with E-state index in [1.54, 1.807) is 12.1 Å². The maximum Gasteiger partial charge on any atom is 0.137 e. The van der Waals surface area contributed by atoms with E-state index in [1.165, 1.54) is 6.07 Å². The smallest absolute Gasteiger partial charge is 0.137 e. The molecule has 0 saturated carbocycles. The predicted octanol–water partition coefficient (Wildman–Crippen LogP) is 2.99. The predicted molar refractivity (Wildman–Crippen MR) is 84.9 cm³/mol. The molecular weight excluding hydrogens is 337 g/mol. The van der Waals surface area contributed by atoms with Crippen LogP contribution >= 0.6 is 15.9 Å². The fraction of sp³-hybridized carbons (Fsp3) is 0.625. The number of hydrogen-bond acceptors (Lipinski definition) is 3. The van der Waals surface area contributed by atoms with Crippen LogP contribution in [0.15, 0.2) is 22.7 Å². The Morgan fingerprint density at radius 3 is 2.67 bits per heavy atom. The van der Waals surface area contributed by atoms with Gasteiger partial charge in [-0.05, 0) is 47.0 Å². The van der Waals surface area contributed by atoms with Crippen LogP contribution < -0.4 is 0 Å². The second-order valence-corrected chi connectivity index (χ2v) is 6.63. The number of nitrogens with zero attached hydrogens (tertiary/aromatic N) is 1. The molecule has 1 N–H and O–H groups in total. The van der Waals surface area contributed by atoms with Crippen LogP contribution in [0.4, 0.5) is 4.39 Å². The second kappa shape index (κ2) is 7.18. The lowest BCUT2D eigenvalue weighted by Crippen LogP contribution is -2.58. The Hall–Kier alpha value is -0.490. The molecule has 1 heterocycles. The highest BCUT2D eigenvalue weighted by molar-refractivity contribution is 9.10. The van der Waals surface area contributed by atoms with Crippen molar-refractivity contribution in [3.05, 3.63) is 34.1 Å². The summed E-state index contributed by atoms with van der Waals surface area (Å²) in [5.41, 5.74) is 0.647. The first-order chi connectivity index (χ1) is 9.97. The highest BCUT2D eigenvalue weighted by Crippen LogP contribution is 2.28. The van der Waals surface area contributed by atoms with Gasteiger partial charge in [-0.1, -0.05) is 13.0 Å². The van der Waals surface area contributed by atoms with Crippen molar-refractivity contribution in [1.29, 1.82) is 0 Å². The molecule has 5 heteroatoms. The molecule has 21 heavy (non-hydrogen) atoms. The van der Waals surface area contributed by atoms with E-state index in [4.69, 9.17) is 4.74 Å². The van der Waals surface area contributed by atoms with Gasteiger partial charge >= 0.3 is 0 Å². The van der Waals surface area contributed by atoms with Crippen LogP contribution in [0, 0.1) is 5.82 Å². The van der Waals surface area contributed by atoms with Crippen LogP contribution in [0.3, 0.4) is 0 Å². The summed E-state index contributed by atoms with van der Waals surface area (Å²) >= 11 is 3.20. The molecular formula is C16H23BrFNO2. The van der Waals surface area contributed by atoms with Crippen LogP contribution in [-0.4, -0.2) is 48.0 Å². The van der Waals surface area contributed by atoms with Gasteiger partial charge in [0.1, 0.15) is 5.82 Å². The summed E-state index contributed by atoms with van der Waals surface area (Å²) in [6, 6.07) is 4.91. The average molecular weight is 360 g/mol. The van der Waals surface area contributed by atoms with Gasteiger partial charge in [0.05, 0.1) is 23.8 Å². The highest BCUT2D eigenvalue weighted by atomic mass is 79.9. The molecule has 1 aliphatic heterocycles. The van der Waals surface area contributed by atoms with Crippen LogP contribution in [0.2, 0.25) is 0 Å². The lowest BCUT2D eigenvalue weighted by molar-refractivity contribution is -0.0714. The van der Waals surface area contributed by atoms with Crippen molar-refractivity contribution in [2.24, 2.45) is 0 Å². The molecule has 0 amide bonds. The van der Waals surface area contributed by atoms with Crippen molar-refractivity contribution in [1.82, 2.24) is 4.90 Å². The standard InChI is InChI=1S/C16H23BrFNO2/c1-3-16(2,19-6-8-21-9-7-19)15(20)11-12-4-5-14(18)13(17)10-12/h4-5,10,15,20H,3,6-9,11H2,1-2H3. The number of halogens is 2. The number of rotatable bonds is 5. The molecule has 0 spiro atoms. The molecule has 2 rings (SSSR count). The number of ether oxygens (including phenoxy) is 1. The maximum atomic E-state index is 13.3. The molecule has 118 valence electrons. The Bertz CT molecular complexity index is 479. The first kappa shape index (κ1) is 16.9. The number of hydrogen-bond donors (Lipinski definition) is 1. The number of morpholine rings is 1. The van der Waals surface area contributed by atoms with Gasteiger partial charge in [-0.3, -0.25) is 4.90 Å². The van der Waals surface area contributed by atoms with Gasteiger partial charge in [0.15, 0.2) is 0 Å². The molecule has 1 fully saturated rings. The summed E-state index contributed by atoms with van der Waals surface area (Å²) in [5.74, 6) is -0.278. The Morgan fingerprint density at radius 2 is 2.10 bits per heavy atom. The maximum absolute atomic E-state index is 13.3. The van der Waals surface area contributed by atoms with Crippen LogP contribution in [0.5, 0.6) is 0 Å². The largest absolute Gasteiger partial charge is 0.391 e. The van der Waals surface area contributed by atoms with Gasteiger partial charge in [0.25, 0.3) is 0 Å². The van der Waals surface area contributed by atoms with Gasteiger partial charge in [0, 0.05) is 25.0 Å². The molecule has 1 aromatic carbocycles. The zero-order valence-corrected chi connectivity index (χ0v) is 14.2. The lowest BCUT2D eigenvalue weighted by atomic mass is 9.85. The minimum absolute atomic E-state index is 0.278. The molecule has 3 nitrogen and oxygen atoms in total. The lowest BCUT2D eigenvalue weighted by Gasteiger charge is -2.46. The van der Waals surface area contributed by atoms with Gasteiger partial charge < -0.3 is 9.84 Å². The molecule has 0 radical (unpaired) electrons. The van der Waals surface area contributed by atoms with E-state index in [1.807, 2.05) is 0 Å². The molecule has 1 aliphatic rings. The molecule has 2 unspecified atom stereocenters.